The lowest BCUT2D eigenvalue weighted by Gasteiger charge is -2.02. The van der Waals surface area contributed by atoms with Gasteiger partial charge >= 0.3 is 5.97 Å². The van der Waals surface area contributed by atoms with Crippen molar-refractivity contribution >= 4 is 11.7 Å². The molecule has 0 unspecified atom stereocenters. The van der Waals surface area contributed by atoms with Gasteiger partial charge < -0.3 is 4.84 Å². The van der Waals surface area contributed by atoms with Crippen LogP contribution in [0.1, 0.15) is 22.8 Å². The lowest BCUT2D eigenvalue weighted by Crippen LogP contribution is -2.06. The van der Waals surface area contributed by atoms with E-state index in [1.54, 1.807) is 31.5 Å². The summed E-state index contributed by atoms with van der Waals surface area (Å²) < 4.78 is 26.3. The summed E-state index contributed by atoms with van der Waals surface area (Å²) in [4.78, 5) is 20.0. The van der Waals surface area contributed by atoms with Gasteiger partial charge in [0.2, 0.25) is 0 Å². The van der Waals surface area contributed by atoms with Crippen molar-refractivity contribution in [3.8, 4) is 0 Å². The summed E-state index contributed by atoms with van der Waals surface area (Å²) in [6.45, 7) is 1.62. The lowest BCUT2D eigenvalue weighted by atomic mass is 10.2. The van der Waals surface area contributed by atoms with Gasteiger partial charge in [0.25, 0.3) is 0 Å². The number of aromatic nitrogens is 1. The Morgan fingerprint density at radius 1 is 1.20 bits per heavy atom. The molecule has 0 radical (unpaired) electrons. The van der Waals surface area contributed by atoms with Gasteiger partial charge in [-0.05, 0) is 37.3 Å². The summed E-state index contributed by atoms with van der Waals surface area (Å²) in [6.07, 6.45) is 3.12. The topological polar surface area (TPSA) is 51.5 Å². The van der Waals surface area contributed by atoms with Crippen LogP contribution in [0.5, 0.6) is 0 Å². The Bertz CT molecular complexity index is 657. The van der Waals surface area contributed by atoms with Gasteiger partial charge in [-0.1, -0.05) is 5.16 Å². The molecule has 0 spiro atoms. The maximum Gasteiger partial charge on any atom is 0.368 e. The summed E-state index contributed by atoms with van der Waals surface area (Å²) in [5, 5.41) is 3.59. The number of nitrogens with zero attached hydrogens (tertiary/aromatic N) is 2. The van der Waals surface area contributed by atoms with E-state index < -0.39 is 23.2 Å². The highest BCUT2D eigenvalue weighted by Gasteiger charge is 2.14. The highest BCUT2D eigenvalue weighted by molar-refractivity contribution is 5.99. The van der Waals surface area contributed by atoms with E-state index in [9.17, 15) is 13.6 Å². The molecule has 1 aromatic heterocycles. The average Bonchev–Trinajstić information content (AvgIpc) is 2.47. The van der Waals surface area contributed by atoms with Crippen molar-refractivity contribution in [1.82, 2.24) is 4.98 Å². The number of hydrogen-bond acceptors (Lipinski definition) is 4. The van der Waals surface area contributed by atoms with E-state index in [4.69, 9.17) is 0 Å². The van der Waals surface area contributed by atoms with E-state index in [-0.39, 0.29) is 0 Å². The first-order chi connectivity index (χ1) is 9.58. The Morgan fingerprint density at radius 3 is 2.60 bits per heavy atom. The van der Waals surface area contributed by atoms with Gasteiger partial charge in [0.05, 0.1) is 5.71 Å². The maximum atomic E-state index is 13.3. The Morgan fingerprint density at radius 2 is 1.90 bits per heavy atom. The summed E-state index contributed by atoms with van der Waals surface area (Å²) in [7, 11) is 0. The van der Waals surface area contributed by atoms with Gasteiger partial charge in [-0.3, -0.25) is 4.98 Å². The van der Waals surface area contributed by atoms with Gasteiger partial charge in [-0.2, -0.15) is 0 Å². The standard InChI is InChI=1S/C14H10F2N2O2/c1-9(10-4-6-17-7-5-10)18-20-14(19)12-8-11(15)2-3-13(12)16/h2-8H,1H3/b18-9+. The number of halogens is 2. The first-order valence-electron chi connectivity index (χ1n) is 5.69. The quantitative estimate of drug-likeness (QED) is 0.492. The Balaban J connectivity index is 2.14. The molecule has 0 amide bonds. The largest absolute Gasteiger partial charge is 0.368 e. The average molecular weight is 276 g/mol. The predicted octanol–water partition coefficient (Wildman–Crippen LogP) is 2.94. The highest BCUT2D eigenvalue weighted by atomic mass is 19.1. The first-order valence-corrected chi connectivity index (χ1v) is 5.69. The highest BCUT2D eigenvalue weighted by Crippen LogP contribution is 2.11. The second kappa shape index (κ2) is 6.01. The summed E-state index contributed by atoms with van der Waals surface area (Å²) in [5.74, 6) is -2.66. The molecule has 20 heavy (non-hydrogen) atoms. The van der Waals surface area contributed by atoms with Crippen molar-refractivity contribution in [2.24, 2.45) is 5.16 Å². The molecule has 0 aliphatic rings. The van der Waals surface area contributed by atoms with Gasteiger partial charge in [0.1, 0.15) is 17.2 Å². The van der Waals surface area contributed by atoms with Gasteiger partial charge in [0, 0.05) is 18.0 Å². The summed E-state index contributed by atoms with van der Waals surface area (Å²) in [6, 6.07) is 5.88. The fourth-order valence-corrected chi connectivity index (χ4v) is 1.46. The van der Waals surface area contributed by atoms with E-state index in [1.165, 1.54) is 0 Å². The van der Waals surface area contributed by atoms with Crippen LogP contribution in [-0.2, 0) is 4.84 Å². The zero-order chi connectivity index (χ0) is 14.5. The van der Waals surface area contributed by atoms with E-state index in [0.29, 0.717) is 11.3 Å². The molecule has 1 aromatic carbocycles. The van der Waals surface area contributed by atoms with Crippen molar-refractivity contribution < 1.29 is 18.4 Å². The zero-order valence-corrected chi connectivity index (χ0v) is 10.5. The molecular weight excluding hydrogens is 266 g/mol. The van der Waals surface area contributed by atoms with E-state index >= 15 is 0 Å². The number of pyridine rings is 1. The Kier molecular flexibility index (Phi) is 4.14. The van der Waals surface area contributed by atoms with Gasteiger partial charge in [-0.25, -0.2) is 13.6 Å². The third-order valence-corrected chi connectivity index (χ3v) is 2.51. The molecular formula is C14H10F2N2O2. The van der Waals surface area contributed by atoms with Crippen molar-refractivity contribution in [2.75, 3.05) is 0 Å². The zero-order valence-electron chi connectivity index (χ0n) is 10.5. The molecule has 0 aliphatic heterocycles. The predicted molar refractivity (Wildman–Crippen MR) is 68.2 cm³/mol. The minimum Gasteiger partial charge on any atom is -0.312 e. The second-order valence-electron chi connectivity index (χ2n) is 3.92. The molecule has 6 heteroatoms. The molecule has 0 N–H and O–H groups in total. The molecule has 0 aliphatic carbocycles. The fourth-order valence-electron chi connectivity index (χ4n) is 1.46. The van der Waals surface area contributed by atoms with Crippen LogP contribution in [-0.4, -0.2) is 16.7 Å². The monoisotopic (exact) mass is 276 g/mol. The molecule has 2 rings (SSSR count). The van der Waals surface area contributed by atoms with Crippen LogP contribution in [0.3, 0.4) is 0 Å². The van der Waals surface area contributed by atoms with Crippen LogP contribution >= 0.6 is 0 Å². The molecule has 4 nitrogen and oxygen atoms in total. The molecule has 0 atom stereocenters. The third kappa shape index (κ3) is 3.23. The van der Waals surface area contributed by atoms with Crippen molar-refractivity contribution in [3.05, 3.63) is 65.5 Å². The van der Waals surface area contributed by atoms with Crippen LogP contribution in [0, 0.1) is 11.6 Å². The van der Waals surface area contributed by atoms with Crippen molar-refractivity contribution in [3.63, 3.8) is 0 Å². The van der Waals surface area contributed by atoms with Crippen LogP contribution in [0.2, 0.25) is 0 Å². The molecule has 0 saturated carbocycles. The summed E-state index contributed by atoms with van der Waals surface area (Å²) in [5.41, 5.74) is 0.612. The first kappa shape index (κ1) is 13.8. The molecule has 1 heterocycles. The van der Waals surface area contributed by atoms with Gasteiger partial charge in [-0.15, -0.1) is 0 Å². The van der Waals surface area contributed by atoms with Crippen molar-refractivity contribution in [2.45, 2.75) is 6.92 Å². The fraction of sp³-hybridized carbons (Fsp3) is 0.0714. The number of rotatable bonds is 3. The number of carbonyl (C=O) groups excluding carboxylic acids is 1. The smallest absolute Gasteiger partial charge is 0.312 e. The SMILES string of the molecule is C/C(=N\OC(=O)c1cc(F)ccc1F)c1ccncc1. The van der Waals surface area contributed by atoms with Crippen LogP contribution < -0.4 is 0 Å². The van der Waals surface area contributed by atoms with Gasteiger partial charge in [0.15, 0.2) is 0 Å². The van der Waals surface area contributed by atoms with Crippen LogP contribution in [0.4, 0.5) is 8.78 Å². The summed E-state index contributed by atoms with van der Waals surface area (Å²) >= 11 is 0. The molecule has 0 fully saturated rings. The third-order valence-electron chi connectivity index (χ3n) is 2.51. The number of oxime groups is 1. The van der Waals surface area contributed by atoms with Crippen LogP contribution in [0.15, 0.2) is 47.9 Å². The maximum absolute atomic E-state index is 13.3. The molecule has 0 saturated heterocycles. The molecule has 102 valence electrons. The molecule has 2 aromatic rings. The van der Waals surface area contributed by atoms with E-state index in [0.717, 1.165) is 18.2 Å². The van der Waals surface area contributed by atoms with E-state index in [2.05, 4.69) is 15.0 Å². The number of benzene rings is 1. The Labute approximate surface area is 113 Å². The minimum atomic E-state index is -1.06. The number of hydrogen-bond donors (Lipinski definition) is 0. The van der Waals surface area contributed by atoms with Crippen molar-refractivity contribution in [1.29, 1.82) is 0 Å². The normalized spacial score (nSPS) is 11.2. The lowest BCUT2D eigenvalue weighted by molar-refractivity contribution is 0.0510. The Hall–Kier alpha value is -2.63. The van der Waals surface area contributed by atoms with E-state index in [1.807, 2.05) is 0 Å². The van der Waals surface area contributed by atoms with Crippen LogP contribution in [0.25, 0.3) is 0 Å². The number of carbonyl (C=O) groups is 1. The minimum absolute atomic E-state index is 0.414. The molecule has 0 bridgehead atoms. The second-order valence-corrected chi connectivity index (χ2v) is 3.92.